The van der Waals surface area contributed by atoms with E-state index in [9.17, 15) is 0 Å². The summed E-state index contributed by atoms with van der Waals surface area (Å²) in [4.78, 5) is 11.2. The average Bonchev–Trinajstić information content (AvgIpc) is 3.01. The first-order chi connectivity index (χ1) is 12.7. The maximum atomic E-state index is 5.57. The molecule has 7 nitrogen and oxygen atoms in total. The van der Waals surface area contributed by atoms with Crippen molar-refractivity contribution in [1.82, 2.24) is 25.2 Å². The molecule has 2 fully saturated rings. The van der Waals surface area contributed by atoms with E-state index in [4.69, 9.17) is 9.05 Å². The highest BCUT2D eigenvalue weighted by molar-refractivity contribution is 5.52. The van der Waals surface area contributed by atoms with Crippen molar-refractivity contribution in [2.45, 2.75) is 38.6 Å². The molecule has 1 aliphatic heterocycles. The van der Waals surface area contributed by atoms with E-state index in [0.29, 0.717) is 17.2 Å². The zero-order chi connectivity index (χ0) is 17.6. The average molecular weight is 351 g/mol. The molecule has 0 aromatic carbocycles. The summed E-state index contributed by atoms with van der Waals surface area (Å²) in [5.74, 6) is 2.76. The van der Waals surface area contributed by atoms with Crippen molar-refractivity contribution in [2.24, 2.45) is 5.41 Å². The normalized spacial score (nSPS) is 22.0. The number of aryl methyl sites for hydroxylation is 1. The lowest BCUT2D eigenvalue weighted by Gasteiger charge is -2.31. The zero-order valence-corrected chi connectivity index (χ0v) is 14.8. The van der Waals surface area contributed by atoms with Crippen LogP contribution < -0.4 is 0 Å². The van der Waals surface area contributed by atoms with Crippen molar-refractivity contribution < 1.29 is 9.05 Å². The third-order valence-corrected chi connectivity index (χ3v) is 5.76. The summed E-state index contributed by atoms with van der Waals surface area (Å²) in [6.45, 7) is 4.93. The molecule has 26 heavy (non-hydrogen) atoms. The van der Waals surface area contributed by atoms with Crippen LogP contribution in [0.1, 0.15) is 42.5 Å². The van der Waals surface area contributed by atoms with Crippen LogP contribution >= 0.6 is 0 Å². The number of rotatable bonds is 4. The Hall–Kier alpha value is -2.54. The molecule has 1 saturated heterocycles. The summed E-state index contributed by atoms with van der Waals surface area (Å²) in [5, 5.41) is 8.11. The van der Waals surface area contributed by atoms with Gasteiger partial charge >= 0.3 is 0 Å². The molecule has 4 heterocycles. The number of pyridine rings is 1. The molecule has 3 aromatic rings. The molecule has 0 N–H and O–H groups in total. The minimum atomic E-state index is 0.340. The minimum Gasteiger partial charge on any atom is -0.360 e. The molecule has 1 aliphatic carbocycles. The third kappa shape index (κ3) is 2.82. The van der Waals surface area contributed by atoms with Crippen LogP contribution in [0.5, 0.6) is 0 Å². The topological polar surface area (TPSA) is 81.1 Å². The van der Waals surface area contributed by atoms with E-state index in [0.717, 1.165) is 61.8 Å². The smallest absolute Gasteiger partial charge is 0.230 e. The predicted octanol–water partition coefficient (Wildman–Crippen LogP) is 3.20. The van der Waals surface area contributed by atoms with Gasteiger partial charge in [0.05, 0.1) is 12.2 Å². The van der Waals surface area contributed by atoms with Gasteiger partial charge in [-0.05, 0) is 56.8 Å². The first-order valence-corrected chi connectivity index (χ1v) is 9.10. The second kappa shape index (κ2) is 6.02. The maximum absolute atomic E-state index is 5.57. The Balaban J connectivity index is 1.22. The highest BCUT2D eigenvalue weighted by Gasteiger charge is 2.58. The Bertz CT molecular complexity index is 896. The molecule has 1 saturated carbocycles. The number of hydrogen-bond donors (Lipinski definition) is 0. The molecular weight excluding hydrogens is 330 g/mol. The Morgan fingerprint density at radius 3 is 2.85 bits per heavy atom. The second-order valence-corrected chi connectivity index (χ2v) is 7.53. The van der Waals surface area contributed by atoms with Gasteiger partial charge in [0, 0.05) is 29.9 Å². The van der Waals surface area contributed by atoms with Gasteiger partial charge in [-0.15, -0.1) is 0 Å². The lowest BCUT2D eigenvalue weighted by Crippen LogP contribution is -2.34. The molecule has 2 aliphatic rings. The number of piperidine rings is 1. The molecule has 0 radical (unpaired) electrons. The van der Waals surface area contributed by atoms with Crippen LogP contribution in [0.2, 0.25) is 0 Å². The second-order valence-electron chi connectivity index (χ2n) is 7.53. The monoisotopic (exact) mass is 351 g/mol. The lowest BCUT2D eigenvalue weighted by atomic mass is 9.90. The molecule has 134 valence electrons. The summed E-state index contributed by atoms with van der Waals surface area (Å²) in [6.07, 6.45) is 6.98. The fraction of sp³-hybridized carbons (Fsp3) is 0.474. The summed E-state index contributed by atoms with van der Waals surface area (Å²) < 4.78 is 10.9. The van der Waals surface area contributed by atoms with Crippen LogP contribution in [0.15, 0.2) is 39.6 Å². The Morgan fingerprint density at radius 1 is 1.23 bits per heavy atom. The van der Waals surface area contributed by atoms with Crippen LogP contribution in [0.25, 0.3) is 11.4 Å². The number of likely N-dealkylation sites (tertiary alicyclic amines) is 1. The van der Waals surface area contributed by atoms with Crippen LogP contribution in [-0.2, 0) is 6.54 Å². The summed E-state index contributed by atoms with van der Waals surface area (Å²) in [7, 11) is 0. The zero-order valence-electron chi connectivity index (χ0n) is 14.8. The Kier molecular flexibility index (Phi) is 3.63. The van der Waals surface area contributed by atoms with Gasteiger partial charge in [0.1, 0.15) is 0 Å². The highest BCUT2D eigenvalue weighted by atomic mass is 16.5. The summed E-state index contributed by atoms with van der Waals surface area (Å²) in [6, 6.07) is 5.85. The van der Waals surface area contributed by atoms with Gasteiger partial charge in [-0.1, -0.05) is 10.3 Å². The molecule has 1 atom stereocenters. The number of aromatic nitrogens is 4. The van der Waals surface area contributed by atoms with E-state index in [1.165, 1.54) is 0 Å². The van der Waals surface area contributed by atoms with Gasteiger partial charge in [-0.2, -0.15) is 4.98 Å². The van der Waals surface area contributed by atoms with E-state index < -0.39 is 0 Å². The van der Waals surface area contributed by atoms with E-state index in [1.807, 2.05) is 25.1 Å². The predicted molar refractivity (Wildman–Crippen MR) is 93.1 cm³/mol. The van der Waals surface area contributed by atoms with E-state index in [-0.39, 0.29) is 0 Å². The Labute approximate surface area is 151 Å². The largest absolute Gasteiger partial charge is 0.360 e. The molecule has 1 spiro atoms. The molecule has 0 bridgehead atoms. The van der Waals surface area contributed by atoms with Crippen LogP contribution in [0.3, 0.4) is 0 Å². The summed E-state index contributed by atoms with van der Waals surface area (Å²) in [5.41, 5.74) is 2.18. The van der Waals surface area contributed by atoms with Crippen LogP contribution in [-0.4, -0.2) is 38.3 Å². The van der Waals surface area contributed by atoms with Crippen molar-refractivity contribution >= 4 is 0 Å². The molecular formula is C19H21N5O2. The Morgan fingerprint density at radius 2 is 2.12 bits per heavy atom. The van der Waals surface area contributed by atoms with Gasteiger partial charge in [-0.25, -0.2) is 0 Å². The van der Waals surface area contributed by atoms with E-state index >= 15 is 0 Å². The van der Waals surface area contributed by atoms with Gasteiger partial charge in [0.15, 0.2) is 5.76 Å². The van der Waals surface area contributed by atoms with Crippen molar-refractivity contribution in [3.8, 4) is 11.4 Å². The highest BCUT2D eigenvalue weighted by Crippen LogP contribution is 2.64. The van der Waals surface area contributed by atoms with Gasteiger partial charge in [0.25, 0.3) is 0 Å². The van der Waals surface area contributed by atoms with Crippen molar-refractivity contribution in [2.75, 3.05) is 13.1 Å². The minimum absolute atomic E-state index is 0.340. The van der Waals surface area contributed by atoms with Crippen molar-refractivity contribution in [3.05, 3.63) is 47.9 Å². The third-order valence-electron chi connectivity index (χ3n) is 5.76. The first-order valence-electron chi connectivity index (χ1n) is 9.10. The fourth-order valence-electron chi connectivity index (χ4n) is 4.11. The van der Waals surface area contributed by atoms with E-state index in [1.54, 1.807) is 12.4 Å². The van der Waals surface area contributed by atoms with E-state index in [2.05, 4.69) is 25.2 Å². The molecule has 3 aromatic heterocycles. The standard InChI is InChI=1S/C19H21N5O2/c1-13-9-15(25-22-13)12-24-7-4-19(5-8-24)10-16(19)18-21-17(23-26-18)14-3-2-6-20-11-14/h2-3,6,9,11,16H,4-5,7-8,10,12H2,1H3. The molecule has 7 heteroatoms. The lowest BCUT2D eigenvalue weighted by molar-refractivity contribution is 0.146. The fourth-order valence-corrected chi connectivity index (χ4v) is 4.11. The first kappa shape index (κ1) is 15.7. The van der Waals surface area contributed by atoms with Gasteiger partial charge in [-0.3, -0.25) is 9.88 Å². The van der Waals surface area contributed by atoms with Gasteiger partial charge < -0.3 is 9.05 Å². The molecule has 1 unspecified atom stereocenters. The van der Waals surface area contributed by atoms with Crippen molar-refractivity contribution in [3.63, 3.8) is 0 Å². The number of hydrogen-bond acceptors (Lipinski definition) is 7. The van der Waals surface area contributed by atoms with Crippen LogP contribution in [0, 0.1) is 12.3 Å². The number of nitrogens with zero attached hydrogens (tertiary/aromatic N) is 5. The molecule has 0 amide bonds. The quantitative estimate of drug-likeness (QED) is 0.714. The molecule has 5 rings (SSSR count). The summed E-state index contributed by atoms with van der Waals surface area (Å²) >= 11 is 0. The maximum Gasteiger partial charge on any atom is 0.230 e. The SMILES string of the molecule is Cc1cc(CN2CCC3(CC2)CC3c2nc(-c3cccnc3)no2)on1. The van der Waals surface area contributed by atoms with Crippen molar-refractivity contribution in [1.29, 1.82) is 0 Å². The van der Waals surface area contributed by atoms with Gasteiger partial charge in [0.2, 0.25) is 11.7 Å². The van der Waals surface area contributed by atoms with Crippen LogP contribution in [0.4, 0.5) is 0 Å².